The summed E-state index contributed by atoms with van der Waals surface area (Å²) in [6, 6.07) is 13.7. The Balaban J connectivity index is 0.00000320. The lowest BCUT2D eigenvalue weighted by molar-refractivity contribution is -0.00000683. The Hall–Kier alpha value is -2.00. The lowest BCUT2D eigenvalue weighted by atomic mass is 10.2. The third kappa shape index (κ3) is 7.05. The average molecular weight is 469 g/mol. The van der Waals surface area contributed by atoms with E-state index in [1.165, 1.54) is 0 Å². The summed E-state index contributed by atoms with van der Waals surface area (Å²) in [5, 5.41) is 16.3. The van der Waals surface area contributed by atoms with Crippen molar-refractivity contribution in [3.63, 3.8) is 0 Å². The molecule has 0 fully saturated rings. The maximum atomic E-state index is 6.21. The summed E-state index contributed by atoms with van der Waals surface area (Å²) in [6.07, 6.45) is 0. The van der Waals surface area contributed by atoms with Crippen molar-refractivity contribution in [2.24, 2.45) is 7.05 Å². The van der Waals surface area contributed by atoms with E-state index in [4.69, 9.17) is 21.1 Å². The SMILES string of the molecule is CCOc1cc(CNCCSc2nnnn2C)ccc1OCc1ccccc1Cl.[Cl-]. The van der Waals surface area contributed by atoms with Gasteiger partial charge in [0.15, 0.2) is 11.5 Å². The highest BCUT2D eigenvalue weighted by Gasteiger charge is 2.09. The van der Waals surface area contributed by atoms with Crippen molar-refractivity contribution in [1.82, 2.24) is 25.5 Å². The van der Waals surface area contributed by atoms with E-state index in [0.717, 1.165) is 40.9 Å². The summed E-state index contributed by atoms with van der Waals surface area (Å²) < 4.78 is 13.4. The summed E-state index contributed by atoms with van der Waals surface area (Å²) in [6.45, 7) is 4.50. The van der Waals surface area contributed by atoms with E-state index in [-0.39, 0.29) is 12.4 Å². The highest BCUT2D eigenvalue weighted by Crippen LogP contribution is 2.30. The Morgan fingerprint density at radius 3 is 2.70 bits per heavy atom. The molecule has 0 aliphatic rings. The van der Waals surface area contributed by atoms with Gasteiger partial charge >= 0.3 is 0 Å². The second kappa shape index (κ2) is 12.6. The Kier molecular flexibility index (Phi) is 10.2. The first-order valence-corrected chi connectivity index (χ1v) is 10.7. The molecule has 0 bridgehead atoms. The van der Waals surface area contributed by atoms with Gasteiger partial charge in [0.25, 0.3) is 0 Å². The molecule has 0 amide bonds. The van der Waals surface area contributed by atoms with E-state index in [1.807, 2.05) is 56.4 Å². The van der Waals surface area contributed by atoms with Gasteiger partial charge in [0.2, 0.25) is 5.16 Å². The number of rotatable bonds is 11. The molecule has 10 heteroatoms. The number of nitrogens with zero attached hydrogens (tertiary/aromatic N) is 4. The number of aryl methyl sites for hydroxylation is 1. The Morgan fingerprint density at radius 2 is 1.97 bits per heavy atom. The fourth-order valence-electron chi connectivity index (χ4n) is 2.61. The van der Waals surface area contributed by atoms with Crippen LogP contribution in [0.15, 0.2) is 47.6 Å². The molecule has 1 N–H and O–H groups in total. The van der Waals surface area contributed by atoms with Gasteiger partial charge in [0, 0.05) is 36.5 Å². The van der Waals surface area contributed by atoms with E-state index in [0.29, 0.717) is 24.0 Å². The van der Waals surface area contributed by atoms with Crippen LogP contribution in [0.5, 0.6) is 11.5 Å². The van der Waals surface area contributed by atoms with Crippen molar-refractivity contribution < 1.29 is 21.9 Å². The number of hydrogen-bond donors (Lipinski definition) is 1. The topological polar surface area (TPSA) is 74.1 Å². The maximum Gasteiger partial charge on any atom is 0.209 e. The lowest BCUT2D eigenvalue weighted by Gasteiger charge is -2.14. The fraction of sp³-hybridized carbons (Fsp3) is 0.350. The van der Waals surface area contributed by atoms with Crippen LogP contribution < -0.4 is 27.2 Å². The molecule has 0 unspecified atom stereocenters. The standard InChI is InChI=1S/C20H24ClN5O2S.ClH/c1-3-27-19-12-15(13-22-10-11-29-20-23-24-25-26(20)2)8-9-18(19)28-14-16-6-4-5-7-17(16)21;/h4-9,12,22H,3,10-11,13-14H2,1-2H3;1H/p-1. The number of tetrazole rings is 1. The Morgan fingerprint density at radius 1 is 1.13 bits per heavy atom. The van der Waals surface area contributed by atoms with E-state index in [2.05, 4.69) is 20.8 Å². The Labute approximate surface area is 191 Å². The van der Waals surface area contributed by atoms with Crippen LogP contribution in [-0.4, -0.2) is 39.1 Å². The van der Waals surface area contributed by atoms with Crippen molar-refractivity contribution in [3.05, 3.63) is 58.6 Å². The molecule has 0 aliphatic carbocycles. The van der Waals surface area contributed by atoms with Gasteiger partial charge in [-0.1, -0.05) is 47.6 Å². The monoisotopic (exact) mass is 468 g/mol. The quantitative estimate of drug-likeness (QED) is 0.328. The van der Waals surface area contributed by atoms with Crippen molar-refractivity contribution in [1.29, 1.82) is 0 Å². The zero-order valence-corrected chi connectivity index (χ0v) is 19.2. The highest BCUT2D eigenvalue weighted by molar-refractivity contribution is 7.99. The molecule has 2 aromatic carbocycles. The number of aromatic nitrogens is 4. The molecular formula is C20H24Cl2N5O2S-. The first-order valence-electron chi connectivity index (χ1n) is 9.35. The van der Waals surface area contributed by atoms with Crippen molar-refractivity contribution in [3.8, 4) is 11.5 Å². The molecule has 30 heavy (non-hydrogen) atoms. The number of hydrogen-bond acceptors (Lipinski definition) is 7. The van der Waals surface area contributed by atoms with Crippen molar-refractivity contribution in [2.45, 2.75) is 25.2 Å². The number of thioether (sulfide) groups is 1. The third-order valence-corrected chi connectivity index (χ3v) is 5.45. The van der Waals surface area contributed by atoms with Gasteiger partial charge in [-0.2, -0.15) is 0 Å². The van der Waals surface area contributed by atoms with Crippen LogP contribution in [0.1, 0.15) is 18.1 Å². The molecule has 0 radical (unpaired) electrons. The van der Waals surface area contributed by atoms with Crippen molar-refractivity contribution in [2.75, 3.05) is 18.9 Å². The van der Waals surface area contributed by atoms with Gasteiger partial charge in [-0.25, -0.2) is 4.68 Å². The zero-order valence-electron chi connectivity index (χ0n) is 16.8. The van der Waals surface area contributed by atoms with Crippen LogP contribution in [-0.2, 0) is 20.2 Å². The van der Waals surface area contributed by atoms with Gasteiger partial charge < -0.3 is 27.2 Å². The van der Waals surface area contributed by atoms with Gasteiger partial charge in [-0.3, -0.25) is 0 Å². The molecule has 0 atom stereocenters. The van der Waals surface area contributed by atoms with Crippen LogP contribution >= 0.6 is 23.4 Å². The van der Waals surface area contributed by atoms with Crippen LogP contribution in [0.3, 0.4) is 0 Å². The predicted octanol–water partition coefficient (Wildman–Crippen LogP) is 0.727. The molecule has 1 heterocycles. The minimum absolute atomic E-state index is 0. The predicted molar refractivity (Wildman–Crippen MR) is 115 cm³/mol. The summed E-state index contributed by atoms with van der Waals surface area (Å²) in [4.78, 5) is 0. The summed E-state index contributed by atoms with van der Waals surface area (Å²) in [7, 11) is 1.83. The molecular weight excluding hydrogens is 445 g/mol. The van der Waals surface area contributed by atoms with E-state index >= 15 is 0 Å². The van der Waals surface area contributed by atoms with Crippen LogP contribution in [0.25, 0.3) is 0 Å². The normalized spacial score (nSPS) is 10.5. The second-order valence-corrected chi connectivity index (χ2v) is 7.67. The summed E-state index contributed by atoms with van der Waals surface area (Å²) in [5.74, 6) is 2.32. The van der Waals surface area contributed by atoms with Gasteiger partial charge in [-0.05, 0) is 41.1 Å². The van der Waals surface area contributed by atoms with Gasteiger partial charge in [0.1, 0.15) is 6.61 Å². The lowest BCUT2D eigenvalue weighted by Crippen LogP contribution is -3.00. The number of halogens is 2. The Bertz CT molecular complexity index is 926. The molecule has 1 aromatic heterocycles. The number of benzene rings is 2. The largest absolute Gasteiger partial charge is 1.00 e. The average Bonchev–Trinajstić information content (AvgIpc) is 3.13. The van der Waals surface area contributed by atoms with Crippen LogP contribution in [0, 0.1) is 0 Å². The van der Waals surface area contributed by atoms with E-state index in [9.17, 15) is 0 Å². The molecule has 7 nitrogen and oxygen atoms in total. The zero-order chi connectivity index (χ0) is 20.5. The second-order valence-electron chi connectivity index (χ2n) is 6.20. The summed E-state index contributed by atoms with van der Waals surface area (Å²) in [5.41, 5.74) is 2.07. The van der Waals surface area contributed by atoms with Crippen LogP contribution in [0.4, 0.5) is 0 Å². The minimum Gasteiger partial charge on any atom is -1.00 e. The van der Waals surface area contributed by atoms with E-state index in [1.54, 1.807) is 16.4 Å². The smallest absolute Gasteiger partial charge is 0.209 e. The number of ether oxygens (including phenoxy) is 2. The number of nitrogens with one attached hydrogen (secondary N) is 1. The van der Waals surface area contributed by atoms with Crippen LogP contribution in [0.2, 0.25) is 5.02 Å². The molecule has 3 rings (SSSR count). The fourth-order valence-corrected chi connectivity index (χ4v) is 3.55. The van der Waals surface area contributed by atoms with Gasteiger partial charge in [-0.15, -0.1) is 5.10 Å². The molecule has 162 valence electrons. The van der Waals surface area contributed by atoms with Gasteiger partial charge in [0.05, 0.1) is 6.61 Å². The molecule has 0 saturated heterocycles. The summed E-state index contributed by atoms with van der Waals surface area (Å²) >= 11 is 7.82. The molecule has 0 aliphatic heterocycles. The minimum atomic E-state index is 0. The third-order valence-electron chi connectivity index (χ3n) is 4.07. The molecule has 3 aromatic rings. The van der Waals surface area contributed by atoms with Crippen molar-refractivity contribution >= 4 is 23.4 Å². The first kappa shape index (κ1) is 24.3. The maximum absolute atomic E-state index is 6.21. The van der Waals surface area contributed by atoms with E-state index < -0.39 is 0 Å². The first-order chi connectivity index (χ1) is 14.2. The highest BCUT2D eigenvalue weighted by atomic mass is 35.5. The molecule has 0 spiro atoms. The molecule has 0 saturated carbocycles.